The van der Waals surface area contributed by atoms with Gasteiger partial charge in [0.15, 0.2) is 0 Å². The van der Waals surface area contributed by atoms with Gasteiger partial charge < -0.3 is 4.52 Å². The van der Waals surface area contributed by atoms with Gasteiger partial charge in [-0.2, -0.15) is 13.2 Å². The van der Waals surface area contributed by atoms with Gasteiger partial charge in [-0.25, -0.2) is 0 Å². The molecule has 2 rings (SSSR count). The largest absolute Gasteiger partial charge is 0.416 e. The van der Waals surface area contributed by atoms with Crippen LogP contribution in [0, 0.1) is 17.0 Å². The number of aromatic nitrogens is 1. The molecule has 0 saturated heterocycles. The first kappa shape index (κ1) is 15.5. The van der Waals surface area contributed by atoms with Crippen LogP contribution in [0.25, 0.3) is 0 Å². The Morgan fingerprint density at radius 2 is 2.05 bits per heavy atom. The maximum Gasteiger partial charge on any atom is 0.416 e. The molecule has 0 unspecified atom stereocenters. The van der Waals surface area contributed by atoms with Crippen molar-refractivity contribution in [3.05, 3.63) is 51.2 Å². The third kappa shape index (κ3) is 3.22. The number of nitro groups is 1. The van der Waals surface area contributed by atoms with Crippen LogP contribution in [0.4, 0.5) is 24.7 Å². The van der Waals surface area contributed by atoms with Gasteiger partial charge in [0.05, 0.1) is 16.2 Å². The van der Waals surface area contributed by atoms with Crippen molar-refractivity contribution in [3.8, 4) is 0 Å². The Kier molecular flexibility index (Phi) is 3.85. The molecule has 0 saturated carbocycles. The van der Waals surface area contributed by atoms with Crippen LogP contribution in [0.5, 0.6) is 0 Å². The van der Waals surface area contributed by atoms with Crippen LogP contribution >= 0.6 is 0 Å². The molecule has 1 heterocycles. The Morgan fingerprint density at radius 1 is 1.36 bits per heavy atom. The molecule has 0 atom stereocenters. The molecule has 7 nitrogen and oxygen atoms in total. The molecule has 1 aromatic heterocycles. The number of benzene rings is 1. The van der Waals surface area contributed by atoms with Crippen molar-refractivity contribution in [2.24, 2.45) is 0 Å². The summed E-state index contributed by atoms with van der Waals surface area (Å²) < 4.78 is 42.4. The second-order valence-electron chi connectivity index (χ2n) is 4.27. The summed E-state index contributed by atoms with van der Waals surface area (Å²) in [4.78, 5) is 21.7. The summed E-state index contributed by atoms with van der Waals surface area (Å²) in [6.07, 6.45) is -4.75. The van der Waals surface area contributed by atoms with Crippen molar-refractivity contribution in [1.29, 1.82) is 0 Å². The highest BCUT2D eigenvalue weighted by Crippen LogP contribution is 2.33. The molecule has 2 aromatic rings. The van der Waals surface area contributed by atoms with E-state index in [1.165, 1.54) is 6.07 Å². The van der Waals surface area contributed by atoms with E-state index in [4.69, 9.17) is 4.52 Å². The van der Waals surface area contributed by atoms with Crippen molar-refractivity contribution in [2.45, 2.75) is 13.1 Å². The number of aryl methyl sites for hydroxylation is 1. The molecular formula is C12H8F3N3O4. The number of alkyl halides is 3. The summed E-state index contributed by atoms with van der Waals surface area (Å²) in [6, 6.07) is 2.99. The molecule has 0 fully saturated rings. The second kappa shape index (κ2) is 5.47. The zero-order valence-electron chi connectivity index (χ0n) is 11.0. The maximum atomic E-state index is 12.6. The van der Waals surface area contributed by atoms with Crippen molar-refractivity contribution in [1.82, 2.24) is 5.16 Å². The Morgan fingerprint density at radius 3 is 2.55 bits per heavy atom. The SMILES string of the molecule is Cc1cc(NC(=O)c2ccc(C(F)(F)F)cc2[N+](=O)[O-])on1. The number of nitro benzene ring substituents is 1. The van der Waals surface area contributed by atoms with Crippen LogP contribution in [0.15, 0.2) is 28.8 Å². The van der Waals surface area contributed by atoms with E-state index < -0.39 is 33.8 Å². The quantitative estimate of drug-likeness (QED) is 0.693. The van der Waals surface area contributed by atoms with Gasteiger partial charge in [-0.1, -0.05) is 5.16 Å². The fourth-order valence-corrected chi connectivity index (χ4v) is 1.65. The summed E-state index contributed by atoms with van der Waals surface area (Å²) in [5.74, 6) is -1.05. The number of anilines is 1. The zero-order valence-corrected chi connectivity index (χ0v) is 11.0. The summed E-state index contributed by atoms with van der Waals surface area (Å²) in [7, 11) is 0. The van der Waals surface area contributed by atoms with Crippen LogP contribution in [0.2, 0.25) is 0 Å². The van der Waals surface area contributed by atoms with Gasteiger partial charge in [0.25, 0.3) is 11.6 Å². The monoisotopic (exact) mass is 315 g/mol. The highest BCUT2D eigenvalue weighted by Gasteiger charge is 2.34. The highest BCUT2D eigenvalue weighted by atomic mass is 19.4. The first-order chi connectivity index (χ1) is 10.2. The molecule has 1 amide bonds. The lowest BCUT2D eigenvalue weighted by Crippen LogP contribution is -2.15. The molecule has 1 aromatic carbocycles. The fraction of sp³-hybridized carbons (Fsp3) is 0.167. The second-order valence-corrected chi connectivity index (χ2v) is 4.27. The topological polar surface area (TPSA) is 98.3 Å². The number of hydrogen-bond donors (Lipinski definition) is 1. The Hall–Kier alpha value is -2.91. The van der Waals surface area contributed by atoms with E-state index in [0.29, 0.717) is 17.8 Å². The number of carbonyl (C=O) groups excluding carboxylic acids is 1. The Balaban J connectivity index is 2.37. The summed E-state index contributed by atoms with van der Waals surface area (Å²) in [6.45, 7) is 1.58. The van der Waals surface area contributed by atoms with Gasteiger partial charge >= 0.3 is 6.18 Å². The molecule has 0 spiro atoms. The summed E-state index contributed by atoms with van der Waals surface area (Å²) in [5.41, 5.74) is -2.24. The lowest BCUT2D eigenvalue weighted by atomic mass is 10.1. The molecule has 10 heteroatoms. The molecule has 116 valence electrons. The molecule has 0 radical (unpaired) electrons. The van der Waals surface area contributed by atoms with Crippen LogP contribution in [-0.4, -0.2) is 16.0 Å². The van der Waals surface area contributed by atoms with Gasteiger partial charge in [-0.15, -0.1) is 0 Å². The fourth-order valence-electron chi connectivity index (χ4n) is 1.65. The standard InChI is InChI=1S/C12H8F3N3O4/c1-6-4-10(22-17-6)16-11(19)8-3-2-7(12(13,14)15)5-9(8)18(20)21/h2-5H,1H3,(H,16,19). The normalized spacial score (nSPS) is 11.3. The van der Waals surface area contributed by atoms with Crippen LogP contribution in [0.3, 0.4) is 0 Å². The lowest BCUT2D eigenvalue weighted by Gasteiger charge is -2.08. The van der Waals surface area contributed by atoms with E-state index in [1.54, 1.807) is 6.92 Å². The number of nitrogens with zero attached hydrogens (tertiary/aromatic N) is 2. The minimum absolute atomic E-state index is 0.0725. The van der Waals surface area contributed by atoms with Crippen molar-refractivity contribution >= 4 is 17.5 Å². The number of hydrogen-bond acceptors (Lipinski definition) is 5. The predicted molar refractivity (Wildman–Crippen MR) is 67.3 cm³/mol. The molecule has 1 N–H and O–H groups in total. The highest BCUT2D eigenvalue weighted by molar-refractivity contribution is 6.06. The average Bonchev–Trinajstić information content (AvgIpc) is 2.82. The number of amides is 1. The third-order valence-corrected chi connectivity index (χ3v) is 2.63. The Labute approximate surface area is 120 Å². The summed E-state index contributed by atoms with van der Waals surface area (Å²) >= 11 is 0. The van der Waals surface area contributed by atoms with Gasteiger partial charge in [-0.3, -0.25) is 20.2 Å². The van der Waals surface area contributed by atoms with Gasteiger partial charge in [0.2, 0.25) is 5.88 Å². The van der Waals surface area contributed by atoms with E-state index in [2.05, 4.69) is 10.5 Å². The Bertz CT molecular complexity index is 739. The van der Waals surface area contributed by atoms with Crippen molar-refractivity contribution in [3.63, 3.8) is 0 Å². The van der Waals surface area contributed by atoms with E-state index in [1.807, 2.05) is 0 Å². The molecule has 0 aliphatic rings. The molecular weight excluding hydrogens is 307 g/mol. The smallest absolute Gasteiger partial charge is 0.338 e. The predicted octanol–water partition coefficient (Wildman–Crippen LogP) is 3.16. The van der Waals surface area contributed by atoms with Gasteiger partial charge in [-0.05, 0) is 19.1 Å². The average molecular weight is 315 g/mol. The number of carbonyl (C=O) groups is 1. The molecule has 0 bridgehead atoms. The van der Waals surface area contributed by atoms with E-state index in [-0.39, 0.29) is 5.88 Å². The first-order valence-corrected chi connectivity index (χ1v) is 5.79. The third-order valence-electron chi connectivity index (χ3n) is 2.63. The molecule has 22 heavy (non-hydrogen) atoms. The van der Waals surface area contributed by atoms with Crippen LogP contribution in [0.1, 0.15) is 21.6 Å². The summed E-state index contributed by atoms with van der Waals surface area (Å²) in [5, 5.41) is 16.6. The van der Waals surface area contributed by atoms with E-state index in [0.717, 1.165) is 6.07 Å². The van der Waals surface area contributed by atoms with E-state index >= 15 is 0 Å². The first-order valence-electron chi connectivity index (χ1n) is 5.79. The van der Waals surface area contributed by atoms with Crippen molar-refractivity contribution in [2.75, 3.05) is 5.32 Å². The minimum Gasteiger partial charge on any atom is -0.338 e. The molecule has 0 aliphatic carbocycles. The van der Waals surface area contributed by atoms with Crippen molar-refractivity contribution < 1.29 is 27.4 Å². The van der Waals surface area contributed by atoms with Crippen LogP contribution < -0.4 is 5.32 Å². The number of halogens is 3. The van der Waals surface area contributed by atoms with E-state index in [9.17, 15) is 28.1 Å². The molecule has 0 aliphatic heterocycles. The lowest BCUT2D eigenvalue weighted by molar-refractivity contribution is -0.385. The minimum atomic E-state index is -4.75. The maximum absolute atomic E-state index is 12.6. The number of nitrogens with one attached hydrogen (secondary N) is 1. The number of rotatable bonds is 3. The van der Waals surface area contributed by atoms with Crippen LogP contribution in [-0.2, 0) is 6.18 Å². The van der Waals surface area contributed by atoms with Gasteiger partial charge in [0, 0.05) is 12.1 Å². The van der Waals surface area contributed by atoms with Gasteiger partial charge in [0.1, 0.15) is 5.56 Å². The zero-order chi connectivity index (χ0) is 16.5.